The molecule has 1 atom stereocenters. The molecular formula is C17H27ClN2O. The molecule has 1 aromatic carbocycles. The van der Waals surface area contributed by atoms with Gasteiger partial charge in [0.25, 0.3) is 5.91 Å². The first-order valence-corrected chi connectivity index (χ1v) is 7.49. The lowest BCUT2D eigenvalue weighted by molar-refractivity contribution is 0.0737. The van der Waals surface area contributed by atoms with Gasteiger partial charge in [0.05, 0.1) is 0 Å². The third-order valence-electron chi connectivity index (χ3n) is 4.08. The van der Waals surface area contributed by atoms with Crippen LogP contribution in [0.5, 0.6) is 0 Å². The number of likely N-dealkylation sites (N-methyl/N-ethyl adjacent to an activating group) is 1. The van der Waals surface area contributed by atoms with Gasteiger partial charge in [-0.25, -0.2) is 0 Å². The van der Waals surface area contributed by atoms with E-state index in [4.69, 9.17) is 0 Å². The Labute approximate surface area is 134 Å². The summed E-state index contributed by atoms with van der Waals surface area (Å²) in [6.07, 6.45) is 2.21. The van der Waals surface area contributed by atoms with E-state index < -0.39 is 0 Å². The maximum Gasteiger partial charge on any atom is 0.254 e. The zero-order chi connectivity index (χ0) is 14.8. The summed E-state index contributed by atoms with van der Waals surface area (Å²) in [5, 5.41) is 3.18. The number of halogens is 1. The van der Waals surface area contributed by atoms with E-state index in [2.05, 4.69) is 38.2 Å². The van der Waals surface area contributed by atoms with Crippen molar-refractivity contribution in [2.24, 2.45) is 0 Å². The summed E-state index contributed by atoms with van der Waals surface area (Å²) < 4.78 is 0. The SMILES string of the molecule is CNCC1CCCN1C(=O)c1ccc(C(C)(C)C)cc1.Cl. The van der Waals surface area contributed by atoms with Gasteiger partial charge in [0.15, 0.2) is 0 Å². The maximum atomic E-state index is 12.6. The minimum atomic E-state index is 0. The zero-order valence-electron chi connectivity index (χ0n) is 13.5. The molecule has 1 aliphatic rings. The van der Waals surface area contributed by atoms with Crippen molar-refractivity contribution < 1.29 is 4.79 Å². The second-order valence-electron chi connectivity index (χ2n) is 6.68. The topological polar surface area (TPSA) is 32.3 Å². The number of nitrogens with zero attached hydrogens (tertiary/aromatic N) is 1. The second kappa shape index (κ2) is 7.28. The van der Waals surface area contributed by atoms with Gasteiger partial charge in [-0.2, -0.15) is 0 Å². The van der Waals surface area contributed by atoms with Crippen molar-refractivity contribution in [3.8, 4) is 0 Å². The van der Waals surface area contributed by atoms with Crippen molar-refractivity contribution in [2.45, 2.75) is 45.1 Å². The largest absolute Gasteiger partial charge is 0.334 e. The molecule has 118 valence electrons. The minimum absolute atomic E-state index is 0. The molecule has 1 N–H and O–H groups in total. The number of amides is 1. The van der Waals surface area contributed by atoms with Crippen LogP contribution in [0.25, 0.3) is 0 Å². The molecule has 3 nitrogen and oxygen atoms in total. The molecular weight excluding hydrogens is 284 g/mol. The molecule has 0 spiro atoms. The molecule has 2 rings (SSSR count). The Bertz CT molecular complexity index is 465. The van der Waals surface area contributed by atoms with E-state index in [1.54, 1.807) is 0 Å². The number of carbonyl (C=O) groups is 1. The quantitative estimate of drug-likeness (QED) is 0.929. The Morgan fingerprint density at radius 2 is 1.90 bits per heavy atom. The average Bonchev–Trinajstić information content (AvgIpc) is 2.86. The van der Waals surface area contributed by atoms with E-state index >= 15 is 0 Å². The monoisotopic (exact) mass is 310 g/mol. The lowest BCUT2D eigenvalue weighted by atomic mass is 9.86. The van der Waals surface area contributed by atoms with Gasteiger partial charge in [-0.15, -0.1) is 12.4 Å². The number of nitrogens with one attached hydrogen (secondary N) is 1. The Balaban J connectivity index is 0.00000220. The fourth-order valence-corrected chi connectivity index (χ4v) is 2.83. The molecule has 1 amide bonds. The molecule has 0 radical (unpaired) electrons. The van der Waals surface area contributed by atoms with Gasteiger partial charge in [-0.05, 0) is 43.0 Å². The van der Waals surface area contributed by atoms with Crippen molar-refractivity contribution in [1.82, 2.24) is 10.2 Å². The van der Waals surface area contributed by atoms with Crippen LogP contribution >= 0.6 is 12.4 Å². The van der Waals surface area contributed by atoms with Crippen molar-refractivity contribution in [3.63, 3.8) is 0 Å². The second-order valence-corrected chi connectivity index (χ2v) is 6.68. The molecule has 0 saturated carbocycles. The first-order valence-electron chi connectivity index (χ1n) is 7.49. The Hall–Kier alpha value is -1.06. The van der Waals surface area contributed by atoms with Gasteiger partial charge in [0.2, 0.25) is 0 Å². The first-order chi connectivity index (χ1) is 9.43. The van der Waals surface area contributed by atoms with Gasteiger partial charge in [-0.3, -0.25) is 4.79 Å². The van der Waals surface area contributed by atoms with Crippen LogP contribution in [-0.2, 0) is 5.41 Å². The van der Waals surface area contributed by atoms with Crippen LogP contribution < -0.4 is 5.32 Å². The van der Waals surface area contributed by atoms with E-state index in [1.807, 2.05) is 24.1 Å². The highest BCUT2D eigenvalue weighted by Crippen LogP contribution is 2.24. The van der Waals surface area contributed by atoms with E-state index in [0.29, 0.717) is 6.04 Å². The normalized spacial score (nSPS) is 18.5. The predicted molar refractivity (Wildman–Crippen MR) is 90.4 cm³/mol. The average molecular weight is 311 g/mol. The molecule has 1 unspecified atom stereocenters. The lowest BCUT2D eigenvalue weighted by Crippen LogP contribution is -2.40. The number of hydrogen-bond donors (Lipinski definition) is 1. The van der Waals surface area contributed by atoms with Crippen LogP contribution in [0, 0.1) is 0 Å². The van der Waals surface area contributed by atoms with Crippen LogP contribution in [0.4, 0.5) is 0 Å². The number of hydrogen-bond acceptors (Lipinski definition) is 2. The van der Waals surface area contributed by atoms with Crippen molar-refractivity contribution in [2.75, 3.05) is 20.1 Å². The maximum absolute atomic E-state index is 12.6. The minimum Gasteiger partial charge on any atom is -0.334 e. The third-order valence-corrected chi connectivity index (χ3v) is 4.08. The molecule has 0 bridgehead atoms. The Morgan fingerprint density at radius 1 is 1.29 bits per heavy atom. The lowest BCUT2D eigenvalue weighted by Gasteiger charge is -2.25. The van der Waals surface area contributed by atoms with Crippen LogP contribution in [0.15, 0.2) is 24.3 Å². The molecule has 21 heavy (non-hydrogen) atoms. The molecule has 1 saturated heterocycles. The summed E-state index contributed by atoms with van der Waals surface area (Å²) in [5.74, 6) is 0.170. The molecule has 0 aliphatic carbocycles. The first kappa shape index (κ1) is 18.0. The predicted octanol–water partition coefficient (Wildman–Crippen LogP) is 3.23. The molecule has 1 aromatic rings. The van der Waals surface area contributed by atoms with Gasteiger partial charge in [-0.1, -0.05) is 32.9 Å². The van der Waals surface area contributed by atoms with Crippen molar-refractivity contribution in [3.05, 3.63) is 35.4 Å². The number of carbonyl (C=O) groups excluding carboxylic acids is 1. The summed E-state index contributed by atoms with van der Waals surface area (Å²) in [6.45, 7) is 8.33. The van der Waals surface area contributed by atoms with Crippen LogP contribution in [-0.4, -0.2) is 37.0 Å². The zero-order valence-corrected chi connectivity index (χ0v) is 14.3. The summed E-state index contributed by atoms with van der Waals surface area (Å²) in [5.41, 5.74) is 2.20. The van der Waals surface area contributed by atoms with Crippen LogP contribution in [0.1, 0.15) is 49.5 Å². The van der Waals surface area contributed by atoms with Crippen LogP contribution in [0.3, 0.4) is 0 Å². The summed E-state index contributed by atoms with van der Waals surface area (Å²) in [7, 11) is 1.94. The van der Waals surface area contributed by atoms with Gasteiger partial charge >= 0.3 is 0 Å². The molecule has 0 aromatic heterocycles. The molecule has 4 heteroatoms. The Kier molecular flexibility index (Phi) is 6.24. The van der Waals surface area contributed by atoms with E-state index in [1.165, 1.54) is 5.56 Å². The number of benzene rings is 1. The summed E-state index contributed by atoms with van der Waals surface area (Å²) in [6, 6.07) is 8.44. The number of likely N-dealkylation sites (tertiary alicyclic amines) is 1. The molecule has 1 heterocycles. The van der Waals surface area contributed by atoms with Crippen LogP contribution in [0.2, 0.25) is 0 Å². The summed E-state index contributed by atoms with van der Waals surface area (Å²) >= 11 is 0. The molecule has 1 aliphatic heterocycles. The fraction of sp³-hybridized carbons (Fsp3) is 0.588. The smallest absolute Gasteiger partial charge is 0.254 e. The van der Waals surface area contributed by atoms with Crippen molar-refractivity contribution in [1.29, 1.82) is 0 Å². The highest BCUT2D eigenvalue weighted by Gasteiger charge is 2.28. The van der Waals surface area contributed by atoms with Gasteiger partial charge in [0.1, 0.15) is 0 Å². The number of rotatable bonds is 3. The highest BCUT2D eigenvalue weighted by atomic mass is 35.5. The standard InChI is InChI=1S/C17H26N2O.ClH/c1-17(2,3)14-9-7-13(8-10-14)16(20)19-11-5-6-15(19)12-18-4;/h7-10,15,18H,5-6,11-12H2,1-4H3;1H. The molecule has 1 fully saturated rings. The Morgan fingerprint density at radius 3 is 2.43 bits per heavy atom. The fourth-order valence-electron chi connectivity index (χ4n) is 2.83. The van der Waals surface area contributed by atoms with E-state index in [9.17, 15) is 4.79 Å². The third kappa shape index (κ3) is 4.21. The van der Waals surface area contributed by atoms with Crippen molar-refractivity contribution >= 4 is 18.3 Å². The highest BCUT2D eigenvalue weighted by molar-refractivity contribution is 5.94. The van der Waals surface area contributed by atoms with Gasteiger partial charge < -0.3 is 10.2 Å². The van der Waals surface area contributed by atoms with E-state index in [0.717, 1.165) is 31.5 Å². The van der Waals surface area contributed by atoms with E-state index in [-0.39, 0.29) is 23.7 Å². The van der Waals surface area contributed by atoms with Gasteiger partial charge in [0, 0.05) is 24.7 Å². The summed E-state index contributed by atoms with van der Waals surface area (Å²) in [4.78, 5) is 14.6.